The van der Waals surface area contributed by atoms with Crippen molar-refractivity contribution in [3.05, 3.63) is 51.2 Å². The average molecular weight is 329 g/mol. The molecule has 0 fully saturated rings. The molecule has 1 amide bonds. The molecule has 0 aliphatic heterocycles. The van der Waals surface area contributed by atoms with Gasteiger partial charge in [-0.3, -0.25) is 9.48 Å². The second kappa shape index (κ2) is 5.54. The number of hydrogen-bond acceptors (Lipinski definition) is 2. The number of aromatic nitrogens is 2. The van der Waals surface area contributed by atoms with Crippen LogP contribution in [-0.2, 0) is 13.6 Å². The SMILES string of the molecule is Cn1ncc(Cl)c1CNC(=O)c1cccc(Br)c1. The summed E-state index contributed by atoms with van der Waals surface area (Å²) in [5.41, 5.74) is 1.38. The number of benzene rings is 1. The molecule has 0 saturated heterocycles. The number of carbonyl (C=O) groups is 1. The molecule has 0 aliphatic rings. The van der Waals surface area contributed by atoms with E-state index in [0.29, 0.717) is 17.1 Å². The lowest BCUT2D eigenvalue weighted by molar-refractivity contribution is 0.0950. The third-order valence-electron chi connectivity index (χ3n) is 2.51. The van der Waals surface area contributed by atoms with Crippen molar-refractivity contribution in [2.45, 2.75) is 6.54 Å². The van der Waals surface area contributed by atoms with Crippen LogP contribution in [0.5, 0.6) is 0 Å². The molecule has 0 unspecified atom stereocenters. The summed E-state index contributed by atoms with van der Waals surface area (Å²) in [7, 11) is 1.78. The number of rotatable bonds is 3. The van der Waals surface area contributed by atoms with Gasteiger partial charge < -0.3 is 5.32 Å². The van der Waals surface area contributed by atoms with Gasteiger partial charge in [-0.05, 0) is 18.2 Å². The molecule has 1 aromatic heterocycles. The van der Waals surface area contributed by atoms with E-state index in [2.05, 4.69) is 26.3 Å². The smallest absolute Gasteiger partial charge is 0.251 e. The number of carbonyl (C=O) groups excluding carboxylic acids is 1. The maximum absolute atomic E-state index is 11.9. The average Bonchev–Trinajstić information content (AvgIpc) is 2.66. The fraction of sp³-hybridized carbons (Fsp3) is 0.167. The molecule has 4 nitrogen and oxygen atoms in total. The highest BCUT2D eigenvalue weighted by molar-refractivity contribution is 9.10. The van der Waals surface area contributed by atoms with Gasteiger partial charge in [0.15, 0.2) is 0 Å². The molecule has 0 radical (unpaired) electrons. The number of halogens is 2. The summed E-state index contributed by atoms with van der Waals surface area (Å²) in [5.74, 6) is -0.145. The summed E-state index contributed by atoms with van der Waals surface area (Å²) >= 11 is 9.29. The summed E-state index contributed by atoms with van der Waals surface area (Å²) < 4.78 is 2.51. The third kappa shape index (κ3) is 2.91. The zero-order valence-electron chi connectivity index (χ0n) is 9.65. The minimum absolute atomic E-state index is 0.145. The maximum atomic E-state index is 11.9. The molecule has 94 valence electrons. The molecule has 1 N–H and O–H groups in total. The van der Waals surface area contributed by atoms with Gasteiger partial charge in [-0.25, -0.2) is 0 Å². The molecule has 18 heavy (non-hydrogen) atoms. The number of amides is 1. The molecule has 0 saturated carbocycles. The Balaban J connectivity index is 2.05. The van der Waals surface area contributed by atoms with Gasteiger partial charge in [-0.15, -0.1) is 0 Å². The van der Waals surface area contributed by atoms with Crippen molar-refractivity contribution in [3.8, 4) is 0 Å². The molecular formula is C12H11BrClN3O. The highest BCUT2D eigenvalue weighted by Gasteiger charge is 2.09. The Morgan fingerprint density at radius 1 is 1.56 bits per heavy atom. The Morgan fingerprint density at radius 2 is 2.33 bits per heavy atom. The van der Waals surface area contributed by atoms with Gasteiger partial charge in [0, 0.05) is 17.1 Å². The van der Waals surface area contributed by atoms with Crippen LogP contribution < -0.4 is 5.32 Å². The van der Waals surface area contributed by atoms with Crippen molar-refractivity contribution in [3.63, 3.8) is 0 Å². The van der Waals surface area contributed by atoms with Gasteiger partial charge in [-0.2, -0.15) is 5.10 Å². The monoisotopic (exact) mass is 327 g/mol. The van der Waals surface area contributed by atoms with Crippen LogP contribution in [0.3, 0.4) is 0 Å². The quantitative estimate of drug-likeness (QED) is 0.942. The van der Waals surface area contributed by atoms with E-state index in [1.165, 1.54) is 0 Å². The molecule has 1 heterocycles. The van der Waals surface area contributed by atoms with Crippen molar-refractivity contribution in [2.24, 2.45) is 7.05 Å². The maximum Gasteiger partial charge on any atom is 0.251 e. The standard InChI is InChI=1S/C12H11BrClN3O/c1-17-11(10(14)6-16-17)7-15-12(18)8-3-2-4-9(13)5-8/h2-6H,7H2,1H3,(H,15,18). The highest BCUT2D eigenvalue weighted by atomic mass is 79.9. The van der Waals surface area contributed by atoms with Gasteiger partial charge in [0.1, 0.15) is 0 Å². The van der Waals surface area contributed by atoms with E-state index < -0.39 is 0 Å². The molecule has 2 rings (SSSR count). The fourth-order valence-electron chi connectivity index (χ4n) is 1.53. The number of aryl methyl sites for hydroxylation is 1. The second-order valence-corrected chi connectivity index (χ2v) is 5.08. The van der Waals surface area contributed by atoms with E-state index in [1.54, 1.807) is 30.1 Å². The Labute approximate surface area is 118 Å². The number of nitrogens with one attached hydrogen (secondary N) is 1. The molecule has 2 aromatic rings. The second-order valence-electron chi connectivity index (χ2n) is 3.76. The van der Waals surface area contributed by atoms with Crippen molar-refractivity contribution >= 4 is 33.4 Å². The summed E-state index contributed by atoms with van der Waals surface area (Å²) in [6.45, 7) is 0.348. The minimum atomic E-state index is -0.145. The lowest BCUT2D eigenvalue weighted by Gasteiger charge is -2.06. The van der Waals surface area contributed by atoms with E-state index in [1.807, 2.05) is 12.1 Å². The van der Waals surface area contributed by atoms with Crippen LogP contribution in [-0.4, -0.2) is 15.7 Å². The Hall–Kier alpha value is -1.33. The third-order valence-corrected chi connectivity index (χ3v) is 3.32. The number of hydrogen-bond donors (Lipinski definition) is 1. The summed E-state index contributed by atoms with van der Waals surface area (Å²) in [5, 5.41) is 7.36. The predicted octanol–water partition coefficient (Wildman–Crippen LogP) is 2.77. The fourth-order valence-corrected chi connectivity index (χ4v) is 2.16. The Morgan fingerprint density at radius 3 is 2.94 bits per heavy atom. The molecule has 0 atom stereocenters. The number of nitrogens with zero attached hydrogens (tertiary/aromatic N) is 2. The van der Waals surface area contributed by atoms with Crippen molar-refractivity contribution in [2.75, 3.05) is 0 Å². The van der Waals surface area contributed by atoms with Crippen LogP contribution >= 0.6 is 27.5 Å². The molecule has 0 spiro atoms. The van der Waals surface area contributed by atoms with Crippen molar-refractivity contribution < 1.29 is 4.79 Å². The van der Waals surface area contributed by atoms with Gasteiger partial charge in [0.05, 0.1) is 23.5 Å². The first-order valence-corrected chi connectivity index (χ1v) is 6.45. The molecule has 6 heteroatoms. The first-order chi connectivity index (χ1) is 8.58. The van der Waals surface area contributed by atoms with Crippen LogP contribution in [0.25, 0.3) is 0 Å². The van der Waals surface area contributed by atoms with Crippen LogP contribution in [0.1, 0.15) is 16.1 Å². The molecule has 1 aromatic carbocycles. The Kier molecular flexibility index (Phi) is 4.04. The summed E-state index contributed by atoms with van der Waals surface area (Å²) in [6, 6.07) is 7.20. The molecular weight excluding hydrogens is 318 g/mol. The van der Waals surface area contributed by atoms with E-state index in [-0.39, 0.29) is 5.91 Å². The predicted molar refractivity (Wildman–Crippen MR) is 73.5 cm³/mol. The zero-order chi connectivity index (χ0) is 13.1. The van der Waals surface area contributed by atoms with Gasteiger partial charge >= 0.3 is 0 Å². The van der Waals surface area contributed by atoms with Gasteiger partial charge in [0.25, 0.3) is 5.91 Å². The van der Waals surface area contributed by atoms with E-state index in [4.69, 9.17) is 11.6 Å². The zero-order valence-corrected chi connectivity index (χ0v) is 12.0. The normalized spacial score (nSPS) is 10.4. The van der Waals surface area contributed by atoms with Gasteiger partial charge in [-0.1, -0.05) is 33.6 Å². The molecule has 0 bridgehead atoms. The molecule has 0 aliphatic carbocycles. The first kappa shape index (κ1) is 13.1. The summed E-state index contributed by atoms with van der Waals surface area (Å²) in [4.78, 5) is 11.9. The summed E-state index contributed by atoms with van der Waals surface area (Å²) in [6.07, 6.45) is 1.56. The van der Waals surface area contributed by atoms with Crippen LogP contribution in [0.15, 0.2) is 34.9 Å². The van der Waals surface area contributed by atoms with E-state index in [9.17, 15) is 4.79 Å². The van der Waals surface area contributed by atoms with Crippen molar-refractivity contribution in [1.82, 2.24) is 15.1 Å². The van der Waals surface area contributed by atoms with E-state index >= 15 is 0 Å². The topological polar surface area (TPSA) is 46.9 Å². The van der Waals surface area contributed by atoms with Gasteiger partial charge in [0.2, 0.25) is 0 Å². The van der Waals surface area contributed by atoms with E-state index in [0.717, 1.165) is 10.2 Å². The van der Waals surface area contributed by atoms with Crippen LogP contribution in [0.2, 0.25) is 5.02 Å². The largest absolute Gasteiger partial charge is 0.346 e. The highest BCUT2D eigenvalue weighted by Crippen LogP contribution is 2.14. The lowest BCUT2D eigenvalue weighted by atomic mass is 10.2. The van der Waals surface area contributed by atoms with Crippen molar-refractivity contribution in [1.29, 1.82) is 0 Å². The Bertz CT molecular complexity index is 563. The first-order valence-electron chi connectivity index (χ1n) is 5.28. The lowest BCUT2D eigenvalue weighted by Crippen LogP contribution is -2.24. The minimum Gasteiger partial charge on any atom is -0.346 e. The van der Waals surface area contributed by atoms with Crippen LogP contribution in [0.4, 0.5) is 0 Å². The van der Waals surface area contributed by atoms with Crippen LogP contribution in [0, 0.1) is 0 Å².